The van der Waals surface area contributed by atoms with Gasteiger partial charge in [0.25, 0.3) is 0 Å². The highest BCUT2D eigenvalue weighted by molar-refractivity contribution is 7.47. The Bertz CT molecular complexity index is 1670. The molecule has 77 heavy (non-hydrogen) atoms. The molecular weight excluding hydrogens is 1030 g/mol. The Morgan fingerprint density at radius 2 is 0.688 bits per heavy atom. The van der Waals surface area contributed by atoms with Gasteiger partial charge in [-0.3, -0.25) is 32.5 Å². The molecule has 18 heteroatoms. The Kier molecular flexibility index (Phi) is 51.9. The number of aliphatic hydroxyl groups is 2. The van der Waals surface area contributed by atoms with E-state index in [0.717, 1.165) is 128 Å². The van der Waals surface area contributed by atoms with Crippen molar-refractivity contribution in [2.24, 2.45) is 0 Å². The second-order valence-electron chi connectivity index (χ2n) is 19.8. The van der Waals surface area contributed by atoms with Crippen LogP contribution < -0.4 is 0 Å². The van der Waals surface area contributed by atoms with Gasteiger partial charge in [0.2, 0.25) is 0 Å². The van der Waals surface area contributed by atoms with Crippen molar-refractivity contribution in [3.8, 4) is 0 Å². The van der Waals surface area contributed by atoms with Gasteiger partial charge < -0.3 is 34.2 Å². The van der Waals surface area contributed by atoms with Crippen molar-refractivity contribution in [2.45, 2.75) is 257 Å². The first-order valence-electron chi connectivity index (χ1n) is 29.6. The van der Waals surface area contributed by atoms with Crippen LogP contribution >= 0.6 is 15.6 Å². The largest absolute Gasteiger partial charge is 0.472 e. The number of phosphoric acid groups is 2. The number of carbonyl (C=O) groups excluding carboxylic acids is 3. The fraction of sp³-hybridized carbons (Fsp3) is 0.780. The minimum atomic E-state index is -4.91. The number of hydrogen-bond donors (Lipinski definition) is 4. The van der Waals surface area contributed by atoms with E-state index in [1.165, 1.54) is 51.4 Å². The number of esters is 3. The highest BCUT2D eigenvalue weighted by Crippen LogP contribution is 2.45. The van der Waals surface area contributed by atoms with Crippen LogP contribution in [-0.4, -0.2) is 95.9 Å². The van der Waals surface area contributed by atoms with E-state index < -0.39 is 91.5 Å². The zero-order valence-electron chi connectivity index (χ0n) is 47.9. The molecule has 0 fully saturated rings. The predicted molar refractivity (Wildman–Crippen MR) is 307 cm³/mol. The number of aliphatic hydroxyl groups excluding tert-OH is 2. The predicted octanol–water partition coefficient (Wildman–Crippen LogP) is 15.1. The van der Waals surface area contributed by atoms with Crippen molar-refractivity contribution in [1.82, 2.24) is 0 Å². The third-order valence-electron chi connectivity index (χ3n) is 12.2. The number of rotatable bonds is 56. The number of hydrogen-bond acceptors (Lipinski definition) is 14. The number of unbranched alkanes of at least 4 members (excludes halogenated alkanes) is 23. The average molecular weight is 1130 g/mol. The van der Waals surface area contributed by atoms with E-state index in [4.69, 9.17) is 32.3 Å². The lowest BCUT2D eigenvalue weighted by atomic mass is 10.1. The highest BCUT2D eigenvalue weighted by Gasteiger charge is 2.29. The van der Waals surface area contributed by atoms with E-state index in [9.17, 15) is 43.5 Å². The van der Waals surface area contributed by atoms with Crippen LogP contribution in [0.4, 0.5) is 0 Å². The molecule has 16 nitrogen and oxygen atoms in total. The lowest BCUT2D eigenvalue weighted by molar-refractivity contribution is -0.161. The first-order valence-corrected chi connectivity index (χ1v) is 32.6. The number of allylic oxidation sites excluding steroid dienone is 10. The smallest absolute Gasteiger partial charge is 0.463 e. The molecule has 448 valence electrons. The van der Waals surface area contributed by atoms with E-state index in [0.29, 0.717) is 19.3 Å². The molecule has 0 aromatic heterocycles. The van der Waals surface area contributed by atoms with Crippen LogP contribution in [-0.2, 0) is 55.8 Å². The molecule has 0 spiro atoms. The molecule has 0 bridgehead atoms. The molecule has 0 rings (SSSR count). The molecule has 4 N–H and O–H groups in total. The molecular formula is C59H106O16P2. The summed E-state index contributed by atoms with van der Waals surface area (Å²) in [5.74, 6) is -1.61. The van der Waals surface area contributed by atoms with Crippen LogP contribution in [0.15, 0.2) is 60.8 Å². The van der Waals surface area contributed by atoms with Gasteiger partial charge in [-0.15, -0.1) is 0 Å². The van der Waals surface area contributed by atoms with Gasteiger partial charge in [-0.05, 0) is 103 Å². The lowest BCUT2D eigenvalue weighted by Gasteiger charge is -2.21. The molecule has 0 aliphatic heterocycles. The normalized spacial score (nSPS) is 14.9. The van der Waals surface area contributed by atoms with Crippen molar-refractivity contribution in [1.29, 1.82) is 0 Å². The van der Waals surface area contributed by atoms with Crippen molar-refractivity contribution in [2.75, 3.05) is 39.6 Å². The van der Waals surface area contributed by atoms with Gasteiger partial charge in [0.05, 0.1) is 26.4 Å². The molecule has 0 radical (unpaired) electrons. The maximum atomic E-state index is 12.8. The summed E-state index contributed by atoms with van der Waals surface area (Å²) in [7, 11) is -9.76. The van der Waals surface area contributed by atoms with Crippen LogP contribution in [0.25, 0.3) is 0 Å². The van der Waals surface area contributed by atoms with E-state index in [1.807, 2.05) is 0 Å². The molecule has 0 saturated heterocycles. The summed E-state index contributed by atoms with van der Waals surface area (Å²) in [5, 5.41) is 20.4. The van der Waals surface area contributed by atoms with Crippen LogP contribution in [0.1, 0.15) is 239 Å². The van der Waals surface area contributed by atoms with E-state index in [1.54, 1.807) is 0 Å². The summed E-state index contributed by atoms with van der Waals surface area (Å²) in [6, 6.07) is 0. The van der Waals surface area contributed by atoms with Gasteiger partial charge in [-0.2, -0.15) is 0 Å². The summed E-state index contributed by atoms with van der Waals surface area (Å²) in [6.45, 7) is 2.46. The summed E-state index contributed by atoms with van der Waals surface area (Å²) < 4.78 is 60.5. The Morgan fingerprint density at radius 3 is 1.10 bits per heavy atom. The van der Waals surface area contributed by atoms with Gasteiger partial charge in [0, 0.05) is 19.3 Å². The van der Waals surface area contributed by atoms with E-state index in [-0.39, 0.29) is 19.3 Å². The standard InChI is InChI=1S/C59H106O16P2/c1-4-7-10-13-16-19-22-25-26-29-31-33-36-39-42-45-57(62)69-48-54(60)49-71-76(65,66)72-50-55(61)51-73-77(67,68)74-53-56(75-59(64)47-44-41-38-35-32-28-24-21-18-15-12-9-6-3)52-70-58(63)46-43-40-37-34-30-27-23-20-17-14-11-8-5-2/h7,10,16,19-21,23-26,54-56,60-61H,4-6,8-9,11-15,17-18,22,27-53H2,1-3H3,(H,65,66)(H,67,68)/b10-7-,19-16-,23-20-,24-21-,26-25-. The summed E-state index contributed by atoms with van der Waals surface area (Å²) in [5.41, 5.74) is 0. The first kappa shape index (κ1) is 74.2. The van der Waals surface area contributed by atoms with Gasteiger partial charge >= 0.3 is 33.6 Å². The number of carbonyl (C=O) groups is 3. The minimum absolute atomic E-state index is 0.0947. The van der Waals surface area contributed by atoms with Crippen molar-refractivity contribution in [3.05, 3.63) is 60.8 Å². The molecule has 0 aliphatic rings. The van der Waals surface area contributed by atoms with E-state index in [2.05, 4.69) is 81.5 Å². The second kappa shape index (κ2) is 53.9. The fourth-order valence-corrected chi connectivity index (χ4v) is 9.22. The maximum Gasteiger partial charge on any atom is 0.472 e. The number of ether oxygens (including phenoxy) is 3. The SMILES string of the molecule is CC/C=C\C/C=C\C/C=C\CCCCCCCC(=O)OCC(O)COP(=O)(O)OCC(O)COP(=O)(O)OCC(COC(=O)CCCCCCC/C=C\CCCCCC)OC(=O)CCCCCCC/C=C\CCCCCC. The van der Waals surface area contributed by atoms with Crippen LogP contribution in [0.2, 0.25) is 0 Å². The zero-order chi connectivity index (χ0) is 56.8. The average Bonchev–Trinajstić information content (AvgIpc) is 3.40. The molecule has 0 amide bonds. The second-order valence-corrected chi connectivity index (χ2v) is 22.7. The summed E-state index contributed by atoms with van der Waals surface area (Å²) in [4.78, 5) is 58.0. The third kappa shape index (κ3) is 55.0. The van der Waals surface area contributed by atoms with Crippen molar-refractivity contribution < 1.29 is 75.8 Å². The van der Waals surface area contributed by atoms with E-state index >= 15 is 0 Å². The van der Waals surface area contributed by atoms with Crippen molar-refractivity contribution >= 4 is 33.6 Å². The molecule has 0 saturated carbocycles. The first-order chi connectivity index (χ1) is 37.2. The summed E-state index contributed by atoms with van der Waals surface area (Å²) >= 11 is 0. The van der Waals surface area contributed by atoms with Gasteiger partial charge in [-0.1, -0.05) is 178 Å². The van der Waals surface area contributed by atoms with Gasteiger partial charge in [0.15, 0.2) is 6.10 Å². The molecule has 5 atom stereocenters. The van der Waals surface area contributed by atoms with Crippen LogP contribution in [0.5, 0.6) is 0 Å². The monoisotopic (exact) mass is 1130 g/mol. The Balaban J connectivity index is 4.70. The Labute approximate surface area is 465 Å². The minimum Gasteiger partial charge on any atom is -0.463 e. The van der Waals surface area contributed by atoms with Crippen LogP contribution in [0.3, 0.4) is 0 Å². The molecule has 5 unspecified atom stereocenters. The molecule has 0 heterocycles. The fourth-order valence-electron chi connectivity index (χ4n) is 7.63. The Hall–Kier alpha value is -2.75. The number of phosphoric ester groups is 2. The maximum absolute atomic E-state index is 12.8. The molecule has 0 aliphatic carbocycles. The third-order valence-corrected chi connectivity index (χ3v) is 14.1. The topological polar surface area (TPSA) is 231 Å². The quantitative estimate of drug-likeness (QED) is 0.0146. The zero-order valence-corrected chi connectivity index (χ0v) is 49.7. The summed E-state index contributed by atoms with van der Waals surface area (Å²) in [6.07, 6.45) is 50.1. The Morgan fingerprint density at radius 1 is 0.377 bits per heavy atom. The lowest BCUT2D eigenvalue weighted by Crippen LogP contribution is -2.30. The van der Waals surface area contributed by atoms with Gasteiger partial charge in [0.1, 0.15) is 25.4 Å². The molecule has 0 aromatic carbocycles. The van der Waals surface area contributed by atoms with Gasteiger partial charge in [-0.25, -0.2) is 9.13 Å². The van der Waals surface area contributed by atoms with Crippen molar-refractivity contribution in [3.63, 3.8) is 0 Å². The molecule has 0 aromatic rings. The highest BCUT2D eigenvalue weighted by atomic mass is 31.2. The van der Waals surface area contributed by atoms with Crippen LogP contribution in [0, 0.1) is 0 Å².